The van der Waals surface area contributed by atoms with Gasteiger partial charge in [0.2, 0.25) is 5.91 Å². The molecule has 1 fully saturated rings. The molecule has 2 aliphatic rings. The van der Waals surface area contributed by atoms with Crippen molar-refractivity contribution >= 4 is 23.4 Å². The number of carbonyl (C=O) groups excluding carboxylic acids is 2. The second-order valence-electron chi connectivity index (χ2n) is 7.33. The Labute approximate surface area is 184 Å². The number of methoxy groups -OCH3 is 1. The molecule has 0 saturated carbocycles. The molecule has 1 aromatic carbocycles. The lowest BCUT2D eigenvalue weighted by Crippen LogP contribution is -2.38. The molecular weight excluding hydrogens is 416 g/mol. The van der Waals surface area contributed by atoms with Gasteiger partial charge in [0.05, 0.1) is 37.2 Å². The molecule has 2 aromatic rings. The van der Waals surface area contributed by atoms with E-state index in [1.54, 1.807) is 29.2 Å². The maximum Gasteiger partial charge on any atom is 0.284 e. The van der Waals surface area contributed by atoms with E-state index in [0.29, 0.717) is 36.2 Å². The highest BCUT2D eigenvalue weighted by Gasteiger charge is 2.35. The number of imidazole rings is 1. The lowest BCUT2D eigenvalue weighted by Gasteiger charge is -2.18. The zero-order valence-electron chi connectivity index (χ0n) is 17.4. The number of nitriles is 1. The normalized spacial score (nSPS) is 17.7. The Morgan fingerprint density at radius 2 is 2.31 bits per heavy atom. The van der Waals surface area contributed by atoms with Crippen molar-refractivity contribution in [1.29, 1.82) is 5.26 Å². The molecule has 0 unspecified atom stereocenters. The van der Waals surface area contributed by atoms with Gasteiger partial charge in [-0.1, -0.05) is 0 Å². The summed E-state index contributed by atoms with van der Waals surface area (Å²) in [5.74, 6) is 3.02. The van der Waals surface area contributed by atoms with Gasteiger partial charge in [0.1, 0.15) is 30.8 Å². The minimum Gasteiger partial charge on any atom is -0.491 e. The third-order valence-corrected chi connectivity index (χ3v) is 5.25. The Morgan fingerprint density at radius 3 is 3.03 bits per heavy atom. The topological polar surface area (TPSA) is 145 Å². The van der Waals surface area contributed by atoms with Crippen LogP contribution in [0.2, 0.25) is 0 Å². The summed E-state index contributed by atoms with van der Waals surface area (Å²) in [4.78, 5) is 29.3. The van der Waals surface area contributed by atoms with Crippen LogP contribution in [-0.4, -0.2) is 60.4 Å². The Kier molecular flexibility index (Phi) is 5.98. The summed E-state index contributed by atoms with van der Waals surface area (Å²) in [7, 11) is 1.49. The summed E-state index contributed by atoms with van der Waals surface area (Å²) < 4.78 is 18.3. The van der Waals surface area contributed by atoms with Gasteiger partial charge in [0.15, 0.2) is 11.8 Å². The third kappa shape index (κ3) is 3.97. The molecule has 3 heterocycles. The largest absolute Gasteiger partial charge is 0.491 e. The van der Waals surface area contributed by atoms with E-state index in [9.17, 15) is 9.59 Å². The van der Waals surface area contributed by atoms with E-state index >= 15 is 0 Å². The fourth-order valence-electron chi connectivity index (χ4n) is 3.75. The van der Waals surface area contributed by atoms with Crippen LogP contribution in [0.15, 0.2) is 30.3 Å². The molecular formula is C21H22N6O5. The smallest absolute Gasteiger partial charge is 0.284 e. The van der Waals surface area contributed by atoms with Gasteiger partial charge in [-0.3, -0.25) is 9.69 Å². The zero-order chi connectivity index (χ0) is 22.7. The molecule has 0 radical (unpaired) electrons. The van der Waals surface area contributed by atoms with Crippen LogP contribution in [0.3, 0.4) is 0 Å². The fourth-order valence-corrected chi connectivity index (χ4v) is 3.75. The molecule has 1 aromatic heterocycles. The zero-order valence-corrected chi connectivity index (χ0v) is 17.4. The number of benzene rings is 1. The van der Waals surface area contributed by atoms with Gasteiger partial charge in [0, 0.05) is 25.1 Å². The van der Waals surface area contributed by atoms with E-state index in [4.69, 9.17) is 30.2 Å². The van der Waals surface area contributed by atoms with Crippen molar-refractivity contribution in [3.05, 3.63) is 30.3 Å². The Bertz CT molecular complexity index is 1120. The fraction of sp³-hybridized carbons (Fsp3) is 0.381. The first kappa shape index (κ1) is 21.2. The van der Waals surface area contributed by atoms with Crippen LogP contribution in [0.5, 0.6) is 5.75 Å². The standard InChI is InChI=1S/C21H22N6O5/c1-30-12-16(20(23)29)24-13-2-3-15-17(8-13)31-7-6-26-9-18(25-21(15)26)27-14(4-5-22)11-32-19(27)10-28/h2-3,8-9,14,16,24H,4,6-7,11-12H2,1H3,(H2,23,29)/t14-,16+/m1/s1. The number of hydrogen-bond acceptors (Lipinski definition) is 9. The van der Waals surface area contributed by atoms with Gasteiger partial charge in [-0.15, -0.1) is 0 Å². The molecule has 11 heteroatoms. The summed E-state index contributed by atoms with van der Waals surface area (Å²) in [5.41, 5.74) is 6.82. The number of ether oxygens (including phenoxy) is 3. The van der Waals surface area contributed by atoms with Crippen LogP contribution >= 0.6 is 0 Å². The van der Waals surface area contributed by atoms with Crippen LogP contribution in [0.1, 0.15) is 6.42 Å². The minimum atomic E-state index is -0.682. The number of nitrogens with one attached hydrogen (secondary N) is 1. The first-order chi connectivity index (χ1) is 15.5. The Balaban J connectivity index is 1.67. The first-order valence-corrected chi connectivity index (χ1v) is 9.99. The van der Waals surface area contributed by atoms with Gasteiger partial charge in [-0.2, -0.15) is 5.26 Å². The second kappa shape index (κ2) is 9.01. The number of primary amides is 1. The number of anilines is 2. The number of carbonyl (C=O) groups is 1. The van der Waals surface area contributed by atoms with Crippen molar-refractivity contribution in [2.45, 2.75) is 25.0 Å². The van der Waals surface area contributed by atoms with E-state index in [1.807, 2.05) is 10.6 Å². The molecule has 4 rings (SSSR count). The maximum atomic E-state index is 11.6. The molecule has 1 saturated heterocycles. The highest BCUT2D eigenvalue weighted by molar-refractivity contribution is 5.83. The number of fused-ring (bicyclic) bond motifs is 3. The monoisotopic (exact) mass is 438 g/mol. The van der Waals surface area contributed by atoms with E-state index in [1.165, 1.54) is 7.11 Å². The minimum absolute atomic E-state index is 0.0187. The summed E-state index contributed by atoms with van der Waals surface area (Å²) in [6.45, 7) is 1.28. The average Bonchev–Trinajstić information content (AvgIpc) is 3.33. The van der Waals surface area contributed by atoms with Crippen LogP contribution in [0, 0.1) is 11.3 Å². The molecule has 11 nitrogen and oxygen atoms in total. The quantitative estimate of drug-likeness (QED) is 0.595. The van der Waals surface area contributed by atoms with Crippen LogP contribution in [0.4, 0.5) is 11.5 Å². The van der Waals surface area contributed by atoms with Gasteiger partial charge in [-0.05, 0) is 12.1 Å². The van der Waals surface area contributed by atoms with Gasteiger partial charge in [-0.25, -0.2) is 9.78 Å². The second-order valence-corrected chi connectivity index (χ2v) is 7.33. The van der Waals surface area contributed by atoms with E-state index in [0.717, 1.165) is 5.56 Å². The summed E-state index contributed by atoms with van der Waals surface area (Å²) in [5, 5.41) is 12.2. The molecule has 3 N–H and O–H groups in total. The van der Waals surface area contributed by atoms with Crippen LogP contribution in [0.25, 0.3) is 11.4 Å². The molecule has 0 spiro atoms. The van der Waals surface area contributed by atoms with Gasteiger partial charge >= 0.3 is 0 Å². The number of aromatic nitrogens is 2. The molecule has 0 bridgehead atoms. The number of nitrogens with two attached hydrogens (primary N) is 1. The highest BCUT2D eigenvalue weighted by Crippen LogP contribution is 2.37. The SMILES string of the molecule is COC[C@H](Nc1ccc2c(c1)OCCn1cc(N3C(=C=O)OC[C@H]3CC#N)nc1-2)C(N)=O. The number of nitrogens with zero attached hydrogens (tertiary/aromatic N) is 4. The van der Waals surface area contributed by atoms with Crippen molar-refractivity contribution in [3.8, 4) is 23.2 Å². The van der Waals surface area contributed by atoms with Crippen molar-refractivity contribution < 1.29 is 23.8 Å². The summed E-state index contributed by atoms with van der Waals surface area (Å²) >= 11 is 0. The number of hydrogen-bond donors (Lipinski definition) is 2. The highest BCUT2D eigenvalue weighted by atomic mass is 16.5. The van der Waals surface area contributed by atoms with E-state index in [2.05, 4.69) is 11.4 Å². The maximum absolute atomic E-state index is 11.6. The van der Waals surface area contributed by atoms with Crippen molar-refractivity contribution in [2.24, 2.45) is 5.73 Å². The van der Waals surface area contributed by atoms with Crippen molar-refractivity contribution in [3.63, 3.8) is 0 Å². The van der Waals surface area contributed by atoms with E-state index in [-0.39, 0.29) is 31.6 Å². The summed E-state index contributed by atoms with van der Waals surface area (Å²) in [6, 6.07) is 6.52. The Hall–Kier alpha value is -4.00. The molecule has 2 aliphatic heterocycles. The van der Waals surface area contributed by atoms with E-state index < -0.39 is 11.9 Å². The predicted molar refractivity (Wildman–Crippen MR) is 113 cm³/mol. The third-order valence-electron chi connectivity index (χ3n) is 5.25. The molecule has 166 valence electrons. The van der Waals surface area contributed by atoms with Crippen molar-refractivity contribution in [2.75, 3.05) is 37.1 Å². The lowest BCUT2D eigenvalue weighted by atomic mass is 10.1. The van der Waals surface area contributed by atoms with Crippen molar-refractivity contribution in [1.82, 2.24) is 9.55 Å². The lowest BCUT2D eigenvalue weighted by molar-refractivity contribution is -0.119. The first-order valence-electron chi connectivity index (χ1n) is 9.99. The number of amides is 1. The van der Waals surface area contributed by atoms with Crippen LogP contribution < -0.4 is 20.7 Å². The Morgan fingerprint density at radius 1 is 1.47 bits per heavy atom. The molecule has 1 amide bonds. The number of rotatable bonds is 7. The van der Waals surface area contributed by atoms with Crippen LogP contribution in [-0.2, 0) is 25.6 Å². The molecule has 32 heavy (non-hydrogen) atoms. The molecule has 0 aliphatic carbocycles. The average molecular weight is 438 g/mol. The molecule has 2 atom stereocenters. The van der Waals surface area contributed by atoms with Gasteiger partial charge in [0.25, 0.3) is 5.88 Å². The summed E-state index contributed by atoms with van der Waals surface area (Å²) in [6.07, 6.45) is 1.99. The van der Waals surface area contributed by atoms with Gasteiger partial charge < -0.3 is 29.8 Å². The predicted octanol–water partition coefficient (Wildman–Crippen LogP) is 0.647.